The fourth-order valence-electron chi connectivity index (χ4n) is 3.41. The van der Waals surface area contributed by atoms with Crippen molar-refractivity contribution in [2.45, 2.75) is 59.0 Å². The first-order valence-corrected chi connectivity index (χ1v) is 7.92. The van der Waals surface area contributed by atoms with Gasteiger partial charge in [0.1, 0.15) is 0 Å². The summed E-state index contributed by atoms with van der Waals surface area (Å²) in [6.07, 6.45) is 4.52. The van der Waals surface area contributed by atoms with E-state index < -0.39 is 0 Å². The van der Waals surface area contributed by atoms with E-state index in [1.807, 2.05) is 13.1 Å². The predicted molar refractivity (Wildman–Crippen MR) is 86.3 cm³/mol. The van der Waals surface area contributed by atoms with Crippen LogP contribution in [0.15, 0.2) is 18.3 Å². The number of nitrogens with zero attached hydrogens (tertiary/aromatic N) is 3. The van der Waals surface area contributed by atoms with E-state index in [2.05, 4.69) is 54.6 Å². The molecule has 0 unspecified atom stereocenters. The van der Waals surface area contributed by atoms with Crippen molar-refractivity contribution in [1.29, 1.82) is 0 Å². The predicted octanol–water partition coefficient (Wildman–Crippen LogP) is 3.48. The Balaban J connectivity index is 2.13. The zero-order valence-electron chi connectivity index (χ0n) is 13.7. The van der Waals surface area contributed by atoms with Gasteiger partial charge in [-0.3, -0.25) is 9.88 Å². The summed E-state index contributed by atoms with van der Waals surface area (Å²) in [5.74, 6) is 0. The Labute approximate surface area is 124 Å². The number of anilines is 1. The zero-order valence-corrected chi connectivity index (χ0v) is 13.7. The third kappa shape index (κ3) is 3.14. The van der Waals surface area contributed by atoms with Gasteiger partial charge in [-0.05, 0) is 45.7 Å². The first kappa shape index (κ1) is 15.3. The Morgan fingerprint density at radius 3 is 2.40 bits per heavy atom. The molecule has 0 bridgehead atoms. The number of aromatic nitrogens is 1. The van der Waals surface area contributed by atoms with E-state index in [1.165, 1.54) is 18.5 Å². The van der Waals surface area contributed by atoms with Crippen molar-refractivity contribution in [3.63, 3.8) is 0 Å². The average molecular weight is 275 g/mol. The highest BCUT2D eigenvalue weighted by Crippen LogP contribution is 2.29. The van der Waals surface area contributed by atoms with Crippen LogP contribution in [0.3, 0.4) is 0 Å². The highest BCUT2D eigenvalue weighted by molar-refractivity contribution is 5.48. The lowest BCUT2D eigenvalue weighted by Gasteiger charge is -2.50. The van der Waals surface area contributed by atoms with Crippen LogP contribution in [-0.4, -0.2) is 41.1 Å². The molecule has 0 spiro atoms. The van der Waals surface area contributed by atoms with E-state index in [4.69, 9.17) is 0 Å². The minimum absolute atomic E-state index is 0.164. The van der Waals surface area contributed by atoms with Crippen LogP contribution in [0.5, 0.6) is 0 Å². The van der Waals surface area contributed by atoms with E-state index in [0.717, 1.165) is 31.4 Å². The Bertz CT molecular complexity index is 420. The minimum atomic E-state index is 0.164. The minimum Gasteiger partial charge on any atom is -0.363 e. The maximum Gasteiger partial charge on any atom is 0.0558 e. The van der Waals surface area contributed by atoms with Gasteiger partial charge in [0.05, 0.1) is 11.9 Å². The van der Waals surface area contributed by atoms with Gasteiger partial charge >= 0.3 is 0 Å². The van der Waals surface area contributed by atoms with Crippen LogP contribution in [0.2, 0.25) is 0 Å². The van der Waals surface area contributed by atoms with Gasteiger partial charge in [-0.1, -0.05) is 13.8 Å². The van der Waals surface area contributed by atoms with E-state index >= 15 is 0 Å². The second kappa shape index (κ2) is 6.13. The second-order valence-corrected chi connectivity index (χ2v) is 6.56. The van der Waals surface area contributed by atoms with E-state index in [9.17, 15) is 0 Å². The fourth-order valence-corrected chi connectivity index (χ4v) is 3.41. The van der Waals surface area contributed by atoms with Crippen molar-refractivity contribution in [2.75, 3.05) is 24.5 Å². The number of hydrogen-bond acceptors (Lipinski definition) is 3. The summed E-state index contributed by atoms with van der Waals surface area (Å²) in [6, 6.07) is 5.04. The topological polar surface area (TPSA) is 19.4 Å². The highest BCUT2D eigenvalue weighted by atomic mass is 15.3. The molecule has 0 aliphatic carbocycles. The van der Waals surface area contributed by atoms with Crippen LogP contribution in [0.4, 0.5) is 5.69 Å². The van der Waals surface area contributed by atoms with Crippen LogP contribution in [0, 0.1) is 6.92 Å². The van der Waals surface area contributed by atoms with Gasteiger partial charge in [-0.25, -0.2) is 0 Å². The van der Waals surface area contributed by atoms with Gasteiger partial charge in [0.2, 0.25) is 0 Å². The molecule has 3 heteroatoms. The van der Waals surface area contributed by atoms with Crippen LogP contribution in [0.1, 0.15) is 46.2 Å². The molecule has 2 heterocycles. The van der Waals surface area contributed by atoms with Gasteiger partial charge in [-0.2, -0.15) is 0 Å². The second-order valence-electron chi connectivity index (χ2n) is 6.56. The first-order chi connectivity index (χ1) is 9.47. The maximum absolute atomic E-state index is 4.45. The summed E-state index contributed by atoms with van der Waals surface area (Å²) in [7, 11) is 0. The van der Waals surface area contributed by atoms with Gasteiger partial charge in [-0.15, -0.1) is 0 Å². The number of aryl methyl sites for hydroxylation is 1. The van der Waals surface area contributed by atoms with Crippen LogP contribution in [0.25, 0.3) is 0 Å². The molecule has 112 valence electrons. The van der Waals surface area contributed by atoms with Crippen molar-refractivity contribution in [3.8, 4) is 0 Å². The van der Waals surface area contributed by atoms with E-state index in [0.29, 0.717) is 0 Å². The highest BCUT2D eigenvalue weighted by Gasteiger charge is 2.35. The Hall–Kier alpha value is -1.09. The van der Waals surface area contributed by atoms with Crippen molar-refractivity contribution in [1.82, 2.24) is 9.88 Å². The van der Waals surface area contributed by atoms with Crippen LogP contribution < -0.4 is 4.90 Å². The molecule has 0 aromatic carbocycles. The van der Waals surface area contributed by atoms with Crippen LogP contribution in [-0.2, 0) is 0 Å². The van der Waals surface area contributed by atoms with Crippen molar-refractivity contribution in [3.05, 3.63) is 24.0 Å². The summed E-state index contributed by atoms with van der Waals surface area (Å²) >= 11 is 0. The summed E-state index contributed by atoms with van der Waals surface area (Å²) < 4.78 is 0. The van der Waals surface area contributed by atoms with Crippen molar-refractivity contribution < 1.29 is 0 Å². The quantitative estimate of drug-likeness (QED) is 0.838. The van der Waals surface area contributed by atoms with E-state index in [1.54, 1.807) is 0 Å². The lowest BCUT2D eigenvalue weighted by molar-refractivity contribution is 0.124. The summed E-state index contributed by atoms with van der Waals surface area (Å²) in [6.45, 7) is 14.7. The van der Waals surface area contributed by atoms with Crippen molar-refractivity contribution >= 4 is 5.69 Å². The molecule has 20 heavy (non-hydrogen) atoms. The molecule has 1 saturated heterocycles. The average Bonchev–Trinajstić information content (AvgIpc) is 2.41. The molecule has 0 radical (unpaired) electrons. The summed E-state index contributed by atoms with van der Waals surface area (Å²) in [5.41, 5.74) is 2.50. The molecule has 3 nitrogen and oxygen atoms in total. The molecular weight excluding hydrogens is 246 g/mol. The molecular formula is C17H29N3. The van der Waals surface area contributed by atoms with Gasteiger partial charge < -0.3 is 4.90 Å². The summed E-state index contributed by atoms with van der Waals surface area (Å²) in [4.78, 5) is 9.63. The lowest BCUT2D eigenvalue weighted by Crippen LogP contribution is -2.61. The Morgan fingerprint density at radius 2 is 1.90 bits per heavy atom. The molecule has 1 aromatic heterocycles. The summed E-state index contributed by atoms with van der Waals surface area (Å²) in [5, 5.41) is 0. The number of rotatable bonds is 4. The maximum atomic E-state index is 4.45. The zero-order chi connectivity index (χ0) is 14.8. The normalized spacial score (nSPS) is 19.6. The third-order valence-electron chi connectivity index (χ3n) is 4.60. The monoisotopic (exact) mass is 275 g/mol. The van der Waals surface area contributed by atoms with E-state index in [-0.39, 0.29) is 5.54 Å². The van der Waals surface area contributed by atoms with Gasteiger partial charge in [0, 0.05) is 36.9 Å². The molecule has 0 N–H and O–H groups in total. The Morgan fingerprint density at radius 1 is 1.20 bits per heavy atom. The fraction of sp³-hybridized carbons (Fsp3) is 0.706. The largest absolute Gasteiger partial charge is 0.363 e. The van der Waals surface area contributed by atoms with Gasteiger partial charge in [0.15, 0.2) is 0 Å². The SMILES string of the molecule is CCC(CC)N1CCN(c2ccc(C)nc2)C(C)(C)C1. The molecule has 0 amide bonds. The molecule has 2 rings (SSSR count). The molecule has 0 saturated carbocycles. The van der Waals surface area contributed by atoms with Crippen molar-refractivity contribution in [2.24, 2.45) is 0 Å². The molecule has 1 aromatic rings. The van der Waals surface area contributed by atoms with Crippen LogP contribution >= 0.6 is 0 Å². The molecule has 1 aliphatic heterocycles. The lowest BCUT2D eigenvalue weighted by atomic mass is 9.95. The molecule has 1 fully saturated rings. The molecule has 0 atom stereocenters. The Kier molecular flexibility index (Phi) is 4.69. The first-order valence-electron chi connectivity index (χ1n) is 7.92. The smallest absolute Gasteiger partial charge is 0.0558 e. The van der Waals surface area contributed by atoms with Gasteiger partial charge in [0.25, 0.3) is 0 Å². The number of hydrogen-bond donors (Lipinski definition) is 0. The number of pyridine rings is 1. The third-order valence-corrected chi connectivity index (χ3v) is 4.60. The molecule has 1 aliphatic rings. The number of piperazine rings is 1. The standard InChI is InChI=1S/C17H29N3/c1-6-15(7-2)19-10-11-20(17(4,5)13-19)16-9-8-14(3)18-12-16/h8-9,12,15H,6-7,10-11,13H2,1-5H3.